The molecule has 4 nitrogen and oxygen atoms in total. The van der Waals surface area contributed by atoms with E-state index in [-0.39, 0.29) is 28.6 Å². The molecule has 1 amide bonds. The smallest absolute Gasteiger partial charge is 0.230 e. The number of nitrogens with two attached hydrogens (primary N) is 1. The summed E-state index contributed by atoms with van der Waals surface area (Å²) in [4.78, 5) is 14.9. The number of carbonyl (C=O) groups is 1. The van der Waals surface area contributed by atoms with Crippen molar-refractivity contribution >= 4 is 5.91 Å². The van der Waals surface area contributed by atoms with Gasteiger partial charge in [-0.1, -0.05) is 6.42 Å². The lowest BCUT2D eigenvalue weighted by atomic mass is 9.82. The largest absolute Gasteiger partial charge is 0.366 e. The highest BCUT2D eigenvalue weighted by Gasteiger charge is 2.49. The number of carbonyl (C=O) groups excluding carboxylic acids is 1. The fraction of sp³-hybridized carbons (Fsp3) is 0.933. The minimum absolute atomic E-state index is 0.00549. The molecule has 2 N–H and O–H groups in total. The Bertz CT molecular complexity index is 362. The Hall–Kier alpha value is -0.610. The zero-order valence-corrected chi connectivity index (χ0v) is 13.0. The van der Waals surface area contributed by atoms with Gasteiger partial charge in [0.15, 0.2) is 0 Å². The van der Waals surface area contributed by atoms with Crippen LogP contribution in [0, 0.1) is 5.41 Å². The summed E-state index contributed by atoms with van der Waals surface area (Å²) in [5.41, 5.74) is 5.20. The molecule has 0 aromatic rings. The summed E-state index contributed by atoms with van der Waals surface area (Å²) in [6, 6.07) is -0.00549. The van der Waals surface area contributed by atoms with E-state index in [1.807, 2.05) is 39.5 Å². The molecule has 0 aromatic carbocycles. The second-order valence-electron chi connectivity index (χ2n) is 7.70. The molecule has 1 aliphatic heterocycles. The van der Waals surface area contributed by atoms with Crippen LogP contribution in [0.3, 0.4) is 0 Å². The third kappa shape index (κ3) is 2.79. The average Bonchev–Trinajstić information content (AvgIpc) is 2.55. The summed E-state index contributed by atoms with van der Waals surface area (Å²) in [5.74, 6) is 0.210. The molecule has 1 aliphatic carbocycles. The highest BCUT2D eigenvalue weighted by Crippen LogP contribution is 2.40. The summed E-state index contributed by atoms with van der Waals surface area (Å²) in [7, 11) is 0. The first-order valence-electron chi connectivity index (χ1n) is 7.31. The van der Waals surface area contributed by atoms with Gasteiger partial charge in [0.2, 0.25) is 5.91 Å². The van der Waals surface area contributed by atoms with Crippen molar-refractivity contribution in [2.75, 3.05) is 13.1 Å². The van der Waals surface area contributed by atoms with Crippen molar-refractivity contribution in [3.8, 4) is 0 Å². The van der Waals surface area contributed by atoms with Crippen LogP contribution in [0.25, 0.3) is 0 Å². The lowest BCUT2D eigenvalue weighted by Gasteiger charge is -2.49. The highest BCUT2D eigenvalue weighted by atomic mass is 16.5. The molecule has 2 aliphatic rings. The van der Waals surface area contributed by atoms with Crippen molar-refractivity contribution in [3.63, 3.8) is 0 Å². The van der Waals surface area contributed by atoms with Crippen molar-refractivity contribution in [3.05, 3.63) is 0 Å². The maximum atomic E-state index is 12.9. The van der Waals surface area contributed by atoms with Crippen LogP contribution < -0.4 is 5.73 Å². The molecule has 0 spiro atoms. The van der Waals surface area contributed by atoms with Crippen molar-refractivity contribution in [2.45, 2.75) is 71.1 Å². The fourth-order valence-electron chi connectivity index (χ4n) is 3.75. The third-order valence-corrected chi connectivity index (χ3v) is 4.50. The zero-order chi connectivity index (χ0) is 14.5. The molecule has 19 heavy (non-hydrogen) atoms. The van der Waals surface area contributed by atoms with Gasteiger partial charge < -0.3 is 15.4 Å². The summed E-state index contributed by atoms with van der Waals surface area (Å²) >= 11 is 0. The van der Waals surface area contributed by atoms with Gasteiger partial charge in [0.1, 0.15) is 0 Å². The van der Waals surface area contributed by atoms with Gasteiger partial charge in [-0.3, -0.25) is 4.79 Å². The van der Waals surface area contributed by atoms with Crippen molar-refractivity contribution in [2.24, 2.45) is 11.1 Å². The van der Waals surface area contributed by atoms with Crippen LogP contribution in [0.1, 0.15) is 53.9 Å². The molecule has 2 unspecified atom stereocenters. The molecule has 1 saturated carbocycles. The van der Waals surface area contributed by atoms with E-state index in [9.17, 15) is 4.79 Å². The van der Waals surface area contributed by atoms with Crippen LogP contribution in [0.2, 0.25) is 0 Å². The molecule has 2 atom stereocenters. The molecule has 0 radical (unpaired) electrons. The van der Waals surface area contributed by atoms with Gasteiger partial charge in [-0.25, -0.2) is 0 Å². The number of morpholine rings is 1. The van der Waals surface area contributed by atoms with Crippen molar-refractivity contribution < 1.29 is 9.53 Å². The van der Waals surface area contributed by atoms with E-state index in [1.165, 1.54) is 0 Å². The number of amides is 1. The molecular weight excluding hydrogens is 240 g/mol. The maximum absolute atomic E-state index is 12.9. The number of ether oxygens (including phenoxy) is 1. The number of hydrogen-bond donors (Lipinski definition) is 1. The molecular formula is C15H28N2O2. The molecule has 2 rings (SSSR count). The Balaban J connectivity index is 2.19. The molecule has 2 fully saturated rings. The van der Waals surface area contributed by atoms with Crippen molar-refractivity contribution in [1.82, 2.24) is 4.90 Å². The summed E-state index contributed by atoms with van der Waals surface area (Å²) in [6.45, 7) is 11.5. The van der Waals surface area contributed by atoms with Gasteiger partial charge in [-0.2, -0.15) is 0 Å². The number of rotatable bonds is 1. The second-order valence-corrected chi connectivity index (χ2v) is 7.70. The van der Waals surface area contributed by atoms with Crippen LogP contribution in [0.4, 0.5) is 0 Å². The van der Waals surface area contributed by atoms with E-state index in [0.29, 0.717) is 13.1 Å². The molecule has 0 aromatic heterocycles. The van der Waals surface area contributed by atoms with Gasteiger partial charge in [-0.05, 0) is 47.5 Å². The maximum Gasteiger partial charge on any atom is 0.230 e. The van der Waals surface area contributed by atoms with Gasteiger partial charge in [0, 0.05) is 19.1 Å². The Kier molecular flexibility index (Phi) is 3.47. The third-order valence-electron chi connectivity index (χ3n) is 4.50. The average molecular weight is 268 g/mol. The molecule has 110 valence electrons. The van der Waals surface area contributed by atoms with Crippen molar-refractivity contribution in [1.29, 1.82) is 0 Å². The normalized spacial score (nSPS) is 37.4. The van der Waals surface area contributed by atoms with Crippen LogP contribution in [0.5, 0.6) is 0 Å². The minimum atomic E-state index is -0.385. The van der Waals surface area contributed by atoms with Crippen LogP contribution in [-0.2, 0) is 9.53 Å². The van der Waals surface area contributed by atoms with E-state index < -0.39 is 0 Å². The lowest BCUT2D eigenvalue weighted by molar-refractivity contribution is -0.193. The Labute approximate surface area is 116 Å². The first-order chi connectivity index (χ1) is 8.56. The highest BCUT2D eigenvalue weighted by molar-refractivity contribution is 5.83. The van der Waals surface area contributed by atoms with E-state index >= 15 is 0 Å². The van der Waals surface area contributed by atoms with E-state index in [0.717, 1.165) is 19.3 Å². The monoisotopic (exact) mass is 268 g/mol. The lowest BCUT2D eigenvalue weighted by Crippen LogP contribution is -2.62. The molecule has 4 heteroatoms. The molecule has 1 heterocycles. The molecule has 1 saturated heterocycles. The standard InChI is InChI=1S/C15H28N2O2/c1-13(2)9-17(10-14(3,4)19-13)12(18)15(5)8-6-7-11(15)16/h11H,6-10,16H2,1-5H3. The summed E-state index contributed by atoms with van der Waals surface area (Å²) in [6.07, 6.45) is 2.92. The van der Waals surface area contributed by atoms with E-state index in [1.54, 1.807) is 0 Å². The van der Waals surface area contributed by atoms with Crippen LogP contribution >= 0.6 is 0 Å². The number of nitrogens with zero attached hydrogens (tertiary/aromatic N) is 1. The fourth-order valence-corrected chi connectivity index (χ4v) is 3.75. The predicted octanol–water partition coefficient (Wildman–Crippen LogP) is 1.92. The number of hydrogen-bond acceptors (Lipinski definition) is 3. The van der Waals surface area contributed by atoms with E-state index in [2.05, 4.69) is 0 Å². The van der Waals surface area contributed by atoms with Gasteiger partial charge in [0.05, 0.1) is 16.6 Å². The van der Waals surface area contributed by atoms with E-state index in [4.69, 9.17) is 10.5 Å². The Morgan fingerprint density at radius 3 is 2.11 bits per heavy atom. The predicted molar refractivity (Wildman–Crippen MR) is 75.8 cm³/mol. The molecule has 0 bridgehead atoms. The Morgan fingerprint density at radius 2 is 1.68 bits per heavy atom. The summed E-state index contributed by atoms with van der Waals surface area (Å²) in [5, 5.41) is 0. The topological polar surface area (TPSA) is 55.6 Å². The van der Waals surface area contributed by atoms with Crippen LogP contribution in [-0.4, -0.2) is 41.1 Å². The van der Waals surface area contributed by atoms with Gasteiger partial charge in [-0.15, -0.1) is 0 Å². The first-order valence-corrected chi connectivity index (χ1v) is 7.31. The zero-order valence-electron chi connectivity index (χ0n) is 13.0. The first kappa shape index (κ1) is 14.8. The minimum Gasteiger partial charge on any atom is -0.366 e. The quantitative estimate of drug-likeness (QED) is 0.790. The SMILES string of the molecule is CC1(C)CN(C(=O)C2(C)CCCC2N)CC(C)(C)O1. The van der Waals surface area contributed by atoms with Gasteiger partial charge in [0.25, 0.3) is 0 Å². The van der Waals surface area contributed by atoms with Gasteiger partial charge >= 0.3 is 0 Å². The summed E-state index contributed by atoms with van der Waals surface area (Å²) < 4.78 is 6.04. The van der Waals surface area contributed by atoms with Crippen LogP contribution in [0.15, 0.2) is 0 Å². The second kappa shape index (κ2) is 4.45. The Morgan fingerprint density at radius 1 is 1.16 bits per heavy atom.